The average molecular weight is 623 g/mol. The molecule has 0 spiro atoms. The van der Waals surface area contributed by atoms with Gasteiger partial charge in [0, 0.05) is 49.4 Å². The van der Waals surface area contributed by atoms with Crippen LogP contribution in [-0.2, 0) is 22.7 Å². The molecule has 1 aliphatic heterocycles. The topological polar surface area (TPSA) is 97.7 Å². The van der Waals surface area contributed by atoms with Crippen molar-refractivity contribution in [1.29, 1.82) is 0 Å². The molecular weight excluding hydrogens is 568 g/mol. The number of benzene rings is 2. The molecule has 8 atom stereocenters. The van der Waals surface area contributed by atoms with E-state index in [9.17, 15) is 15.0 Å². The molecule has 6 rings (SSSR count). The van der Waals surface area contributed by atoms with E-state index in [2.05, 4.69) is 74.2 Å². The minimum Gasteiger partial charge on any atom is -0.496 e. The molecule has 3 aliphatic carbocycles. The Morgan fingerprint density at radius 1 is 1.18 bits per heavy atom. The van der Waals surface area contributed by atoms with Gasteiger partial charge in [0.15, 0.2) is 0 Å². The summed E-state index contributed by atoms with van der Waals surface area (Å²) in [7, 11) is 9.86. The first-order chi connectivity index (χ1) is 21.3. The summed E-state index contributed by atoms with van der Waals surface area (Å²) in [4.78, 5) is 24.6. The second-order valence-electron chi connectivity index (χ2n) is 14.8. The van der Waals surface area contributed by atoms with E-state index in [1.54, 1.807) is 19.1 Å². The Morgan fingerprint density at radius 2 is 1.91 bits per heavy atom. The number of aliphatic hydroxyl groups is 2. The number of amides is 1. The highest BCUT2D eigenvalue weighted by molar-refractivity contribution is 5.83. The number of rotatable bonds is 11. The molecule has 9 heteroatoms. The SMILES string of the molecule is COc1c(CN2O[C@@H](CO)[C@@H](C(C)O)[C@H]2C(=O)N[C@H]2C[C@H]3C[C@@H]([C@@H]2C)C3(C)C)cccc1-c1cc(CN(C)C)cc(N(C)C)c1. The summed E-state index contributed by atoms with van der Waals surface area (Å²) in [5, 5.41) is 26.1. The molecule has 248 valence electrons. The van der Waals surface area contributed by atoms with Crippen molar-refractivity contribution in [2.24, 2.45) is 29.1 Å². The van der Waals surface area contributed by atoms with Crippen LogP contribution in [0.4, 0.5) is 5.69 Å². The number of nitrogens with zero attached hydrogens (tertiary/aromatic N) is 3. The highest BCUT2D eigenvalue weighted by Crippen LogP contribution is 2.61. The molecule has 1 heterocycles. The Hall–Kier alpha value is -2.69. The summed E-state index contributed by atoms with van der Waals surface area (Å²) in [6, 6.07) is 11.9. The largest absolute Gasteiger partial charge is 0.496 e. The van der Waals surface area contributed by atoms with Crippen LogP contribution in [0.25, 0.3) is 11.1 Å². The molecule has 1 saturated heterocycles. The summed E-state index contributed by atoms with van der Waals surface area (Å²) >= 11 is 0. The number of anilines is 1. The standard InChI is InChI=1S/C36H54N4O5/c1-21-29-16-26(36(29,3)4)17-30(21)37-35(43)33-32(22(2)42)31(20-41)45-40(33)19-24-11-10-12-28(34(24)44-9)25-13-23(18-38(5)6)14-27(15-25)39(7)8/h10-15,21-22,26,29-33,41-42H,16-20H2,1-9H3,(H,37,43)/t21-,22?,26+,29-,30-,31-,32+,33-/m0/s1. The lowest BCUT2D eigenvalue weighted by Gasteiger charge is -2.62. The van der Waals surface area contributed by atoms with Gasteiger partial charge in [-0.05, 0) is 86.4 Å². The van der Waals surface area contributed by atoms with Gasteiger partial charge in [0.1, 0.15) is 17.9 Å². The van der Waals surface area contributed by atoms with E-state index in [0.29, 0.717) is 28.9 Å². The zero-order valence-electron chi connectivity index (χ0n) is 28.6. The van der Waals surface area contributed by atoms with E-state index in [-0.39, 0.29) is 25.1 Å². The number of aliphatic hydroxyl groups excluding tert-OH is 2. The van der Waals surface area contributed by atoms with Crippen molar-refractivity contribution in [3.8, 4) is 16.9 Å². The minimum absolute atomic E-state index is 0.0807. The lowest BCUT2D eigenvalue weighted by Crippen LogP contribution is -2.62. The second kappa shape index (κ2) is 13.2. The van der Waals surface area contributed by atoms with E-state index in [0.717, 1.165) is 35.3 Å². The summed E-state index contributed by atoms with van der Waals surface area (Å²) < 4.78 is 6.05. The Labute approximate surface area is 269 Å². The molecule has 1 unspecified atom stereocenters. The Bertz CT molecular complexity index is 1360. The first-order valence-corrected chi connectivity index (χ1v) is 16.4. The molecule has 0 radical (unpaired) electrons. The Kier molecular flexibility index (Phi) is 9.88. The van der Waals surface area contributed by atoms with Crippen molar-refractivity contribution in [3.05, 3.63) is 47.5 Å². The van der Waals surface area contributed by atoms with Crippen LogP contribution in [0.3, 0.4) is 0 Å². The first-order valence-electron chi connectivity index (χ1n) is 16.4. The molecule has 0 aromatic heterocycles. The fraction of sp³-hybridized carbons (Fsp3) is 0.639. The predicted molar refractivity (Wildman–Crippen MR) is 178 cm³/mol. The number of carbonyl (C=O) groups is 1. The van der Waals surface area contributed by atoms with Gasteiger partial charge >= 0.3 is 0 Å². The summed E-state index contributed by atoms with van der Waals surface area (Å²) in [6.07, 6.45) is 0.643. The van der Waals surface area contributed by atoms with Gasteiger partial charge in [-0.3, -0.25) is 9.63 Å². The summed E-state index contributed by atoms with van der Waals surface area (Å²) in [5.41, 5.74) is 5.44. The summed E-state index contributed by atoms with van der Waals surface area (Å²) in [6.45, 7) is 9.39. The molecule has 9 nitrogen and oxygen atoms in total. The molecular formula is C36H54N4O5. The minimum atomic E-state index is -0.851. The zero-order valence-corrected chi connectivity index (χ0v) is 28.6. The van der Waals surface area contributed by atoms with Gasteiger partial charge in [-0.2, -0.15) is 5.06 Å². The number of ether oxygens (including phenoxy) is 1. The number of para-hydroxylation sites is 1. The van der Waals surface area contributed by atoms with Crippen LogP contribution in [0, 0.1) is 29.1 Å². The van der Waals surface area contributed by atoms with Crippen LogP contribution < -0.4 is 15.0 Å². The highest BCUT2D eigenvalue weighted by atomic mass is 16.7. The van der Waals surface area contributed by atoms with Crippen LogP contribution in [-0.4, -0.2) is 92.3 Å². The van der Waals surface area contributed by atoms with Crippen molar-refractivity contribution in [2.45, 2.75) is 77.9 Å². The highest BCUT2D eigenvalue weighted by Gasteiger charge is 2.57. The smallest absolute Gasteiger partial charge is 0.240 e. The number of carbonyl (C=O) groups excluding carboxylic acids is 1. The van der Waals surface area contributed by atoms with Gasteiger partial charge in [0.25, 0.3) is 0 Å². The number of hydrogen-bond acceptors (Lipinski definition) is 8. The van der Waals surface area contributed by atoms with Gasteiger partial charge in [0.05, 0.1) is 26.4 Å². The lowest BCUT2D eigenvalue weighted by atomic mass is 9.45. The van der Waals surface area contributed by atoms with E-state index in [1.807, 2.05) is 26.2 Å². The first kappa shape index (κ1) is 33.7. The number of hydrogen-bond donors (Lipinski definition) is 3. The lowest BCUT2D eigenvalue weighted by molar-refractivity contribution is -0.183. The van der Waals surface area contributed by atoms with Gasteiger partial charge in [-0.1, -0.05) is 39.0 Å². The fourth-order valence-corrected chi connectivity index (χ4v) is 8.37. The third-order valence-electron chi connectivity index (χ3n) is 11.0. The van der Waals surface area contributed by atoms with Crippen LogP contribution in [0.15, 0.2) is 36.4 Å². The number of nitrogens with one attached hydrogen (secondary N) is 1. The molecule has 4 aliphatic rings. The van der Waals surface area contributed by atoms with Gasteiger partial charge in [-0.15, -0.1) is 0 Å². The number of methoxy groups -OCH3 is 1. The molecule has 4 fully saturated rings. The molecule has 2 aromatic rings. The number of fused-ring (bicyclic) bond motifs is 2. The quantitative estimate of drug-likeness (QED) is 0.344. The molecule has 3 saturated carbocycles. The van der Waals surface area contributed by atoms with E-state index >= 15 is 0 Å². The predicted octanol–water partition coefficient (Wildman–Crippen LogP) is 4.15. The van der Waals surface area contributed by atoms with Crippen molar-refractivity contribution >= 4 is 11.6 Å². The molecule has 2 bridgehead atoms. The molecule has 1 amide bonds. The second-order valence-corrected chi connectivity index (χ2v) is 14.8. The third-order valence-corrected chi connectivity index (χ3v) is 11.0. The van der Waals surface area contributed by atoms with Crippen LogP contribution in [0.2, 0.25) is 0 Å². The van der Waals surface area contributed by atoms with Crippen LogP contribution in [0.5, 0.6) is 5.75 Å². The third kappa shape index (κ3) is 6.47. The summed E-state index contributed by atoms with van der Waals surface area (Å²) in [5.74, 6) is 1.53. The van der Waals surface area contributed by atoms with E-state index in [4.69, 9.17) is 9.57 Å². The zero-order chi connectivity index (χ0) is 32.8. The van der Waals surface area contributed by atoms with Crippen molar-refractivity contribution in [1.82, 2.24) is 15.3 Å². The van der Waals surface area contributed by atoms with Crippen LogP contribution >= 0.6 is 0 Å². The fourth-order valence-electron chi connectivity index (χ4n) is 8.37. The molecule has 2 aromatic carbocycles. The van der Waals surface area contributed by atoms with Gasteiger partial charge in [-0.25, -0.2) is 0 Å². The van der Waals surface area contributed by atoms with Crippen LogP contribution in [0.1, 0.15) is 51.7 Å². The van der Waals surface area contributed by atoms with E-state index in [1.165, 1.54) is 12.0 Å². The maximum atomic E-state index is 14.1. The molecule has 45 heavy (non-hydrogen) atoms. The van der Waals surface area contributed by atoms with E-state index < -0.39 is 24.2 Å². The normalized spacial score (nSPS) is 29.7. The average Bonchev–Trinajstić information content (AvgIpc) is 3.35. The Balaban J connectivity index is 1.45. The van der Waals surface area contributed by atoms with Crippen molar-refractivity contribution in [2.75, 3.05) is 46.8 Å². The maximum Gasteiger partial charge on any atom is 0.240 e. The van der Waals surface area contributed by atoms with Gasteiger partial charge in [0.2, 0.25) is 5.91 Å². The Morgan fingerprint density at radius 3 is 2.49 bits per heavy atom. The van der Waals surface area contributed by atoms with Crippen molar-refractivity contribution < 1.29 is 24.6 Å². The van der Waals surface area contributed by atoms with Gasteiger partial charge < -0.3 is 30.1 Å². The van der Waals surface area contributed by atoms with Crippen molar-refractivity contribution in [3.63, 3.8) is 0 Å². The maximum absolute atomic E-state index is 14.1. The number of hydroxylamine groups is 2. The monoisotopic (exact) mass is 622 g/mol. The molecule has 3 N–H and O–H groups in total.